The Bertz CT molecular complexity index is 547. The van der Waals surface area contributed by atoms with E-state index in [1.54, 1.807) is 17.0 Å². The highest BCUT2D eigenvalue weighted by atomic mass is 35.5. The van der Waals surface area contributed by atoms with Crippen LogP contribution in [0.15, 0.2) is 23.2 Å². The zero-order chi connectivity index (χ0) is 17.0. The van der Waals surface area contributed by atoms with Crippen LogP contribution in [0.5, 0.6) is 0 Å². The summed E-state index contributed by atoms with van der Waals surface area (Å²) in [5, 5.41) is 0.410. The van der Waals surface area contributed by atoms with Crippen molar-refractivity contribution in [2.45, 2.75) is 19.1 Å². The van der Waals surface area contributed by atoms with Crippen LogP contribution < -0.4 is 5.73 Å². The van der Waals surface area contributed by atoms with E-state index in [9.17, 15) is 4.39 Å². The zero-order valence-electron chi connectivity index (χ0n) is 13.8. The van der Waals surface area contributed by atoms with Gasteiger partial charge < -0.3 is 15.4 Å². The summed E-state index contributed by atoms with van der Waals surface area (Å²) in [4.78, 5) is 8.28. The van der Waals surface area contributed by atoms with Crippen LogP contribution in [-0.4, -0.2) is 62.2 Å². The number of halogens is 2. The highest BCUT2D eigenvalue weighted by Crippen LogP contribution is 2.31. The molecule has 1 saturated heterocycles. The first-order valence-electron chi connectivity index (χ1n) is 7.67. The number of aliphatic imine (C=N–C) groups is 1. The lowest BCUT2D eigenvalue weighted by Crippen LogP contribution is -2.44. The quantitative estimate of drug-likeness (QED) is 0.672. The Morgan fingerprint density at radius 2 is 2.30 bits per heavy atom. The minimum Gasteiger partial charge on any atom is -0.376 e. The molecule has 0 unspecified atom stereocenters. The molecule has 0 aromatic heterocycles. The smallest absolute Gasteiger partial charge is 0.190 e. The Morgan fingerprint density at radius 3 is 2.91 bits per heavy atom. The molecule has 5 nitrogen and oxygen atoms in total. The van der Waals surface area contributed by atoms with Crippen LogP contribution in [0, 0.1) is 5.82 Å². The van der Waals surface area contributed by atoms with E-state index in [4.69, 9.17) is 22.1 Å². The second-order valence-electron chi connectivity index (χ2n) is 5.92. The van der Waals surface area contributed by atoms with Gasteiger partial charge in [0, 0.05) is 37.8 Å². The van der Waals surface area contributed by atoms with Gasteiger partial charge in [0.2, 0.25) is 0 Å². The molecule has 1 aromatic carbocycles. The lowest BCUT2D eigenvalue weighted by molar-refractivity contribution is -0.0336. The molecule has 1 heterocycles. The van der Waals surface area contributed by atoms with E-state index in [1.807, 2.05) is 21.0 Å². The summed E-state index contributed by atoms with van der Waals surface area (Å²) in [6, 6.07) is 4.47. The fourth-order valence-corrected chi connectivity index (χ4v) is 2.96. The Kier molecular flexibility index (Phi) is 6.21. The summed E-state index contributed by atoms with van der Waals surface area (Å²) < 4.78 is 20.0. The van der Waals surface area contributed by atoms with E-state index >= 15 is 0 Å². The topological polar surface area (TPSA) is 54.1 Å². The lowest BCUT2D eigenvalue weighted by Gasteiger charge is -2.37. The van der Waals surface area contributed by atoms with Crippen molar-refractivity contribution in [1.82, 2.24) is 9.80 Å². The predicted octanol–water partition coefficient (Wildman–Crippen LogP) is 2.12. The fraction of sp³-hybridized carbons (Fsp3) is 0.562. The van der Waals surface area contributed by atoms with E-state index in [0.29, 0.717) is 42.8 Å². The van der Waals surface area contributed by atoms with Crippen LogP contribution in [0.4, 0.5) is 4.39 Å². The molecule has 0 bridgehead atoms. The lowest BCUT2D eigenvalue weighted by atomic mass is 10.0. The van der Waals surface area contributed by atoms with Gasteiger partial charge >= 0.3 is 0 Å². The Balaban J connectivity index is 2.33. The monoisotopic (exact) mass is 342 g/mol. The minimum absolute atomic E-state index is 0.0898. The molecule has 0 aliphatic carbocycles. The molecule has 0 spiro atoms. The first kappa shape index (κ1) is 18.0. The maximum Gasteiger partial charge on any atom is 0.190 e. The van der Waals surface area contributed by atoms with E-state index in [-0.39, 0.29) is 18.0 Å². The molecule has 128 valence electrons. The van der Waals surface area contributed by atoms with Gasteiger partial charge in [-0.2, -0.15) is 0 Å². The Morgan fingerprint density at radius 1 is 1.57 bits per heavy atom. The number of nitrogens with zero attached hydrogens (tertiary/aromatic N) is 3. The van der Waals surface area contributed by atoms with Crippen LogP contribution >= 0.6 is 11.6 Å². The predicted molar refractivity (Wildman–Crippen MR) is 91.3 cm³/mol. The molecule has 23 heavy (non-hydrogen) atoms. The molecular weight excluding hydrogens is 319 g/mol. The second-order valence-corrected chi connectivity index (χ2v) is 6.33. The highest BCUT2D eigenvalue weighted by molar-refractivity contribution is 6.31. The summed E-state index contributed by atoms with van der Waals surface area (Å²) in [5.41, 5.74) is 6.35. The number of guanidine groups is 1. The summed E-state index contributed by atoms with van der Waals surface area (Å²) in [6.45, 7) is 4.36. The average molecular weight is 343 g/mol. The van der Waals surface area contributed by atoms with Crippen LogP contribution in [-0.2, 0) is 4.74 Å². The summed E-state index contributed by atoms with van der Waals surface area (Å²) in [6.07, 6.45) is 0.0898. The second kappa shape index (κ2) is 7.95. The van der Waals surface area contributed by atoms with Crippen molar-refractivity contribution in [2.24, 2.45) is 10.7 Å². The molecule has 0 saturated carbocycles. The van der Waals surface area contributed by atoms with Crippen molar-refractivity contribution in [2.75, 3.05) is 40.3 Å². The van der Waals surface area contributed by atoms with Gasteiger partial charge in [-0.25, -0.2) is 4.39 Å². The van der Waals surface area contributed by atoms with E-state index < -0.39 is 0 Å². The van der Waals surface area contributed by atoms with Gasteiger partial charge in [-0.15, -0.1) is 0 Å². The molecular formula is C16H24ClFN4O. The normalized spacial score (nSPS) is 21.3. The molecule has 2 N–H and O–H groups in total. The first-order valence-corrected chi connectivity index (χ1v) is 8.04. The third kappa shape index (κ3) is 4.56. The van der Waals surface area contributed by atoms with Crippen molar-refractivity contribution in [3.8, 4) is 0 Å². The maximum atomic E-state index is 14.4. The van der Waals surface area contributed by atoms with Gasteiger partial charge in [-0.05, 0) is 19.1 Å². The highest BCUT2D eigenvalue weighted by Gasteiger charge is 2.29. The van der Waals surface area contributed by atoms with Gasteiger partial charge in [0.25, 0.3) is 0 Å². The molecule has 0 amide bonds. The van der Waals surface area contributed by atoms with Gasteiger partial charge in [0.1, 0.15) is 5.82 Å². The van der Waals surface area contributed by atoms with Gasteiger partial charge in [-0.1, -0.05) is 17.7 Å². The first-order chi connectivity index (χ1) is 10.9. The average Bonchev–Trinajstić information content (AvgIpc) is 2.49. The Hall–Kier alpha value is -1.37. The summed E-state index contributed by atoms with van der Waals surface area (Å²) in [5.74, 6) is 0.0871. The van der Waals surface area contributed by atoms with Crippen molar-refractivity contribution in [3.63, 3.8) is 0 Å². The molecule has 7 heteroatoms. The van der Waals surface area contributed by atoms with Crippen LogP contribution in [0.25, 0.3) is 0 Å². The third-order valence-electron chi connectivity index (χ3n) is 3.93. The molecule has 1 aliphatic heterocycles. The van der Waals surface area contributed by atoms with Gasteiger partial charge in [0.15, 0.2) is 5.96 Å². The van der Waals surface area contributed by atoms with E-state index in [2.05, 4.69) is 9.89 Å². The van der Waals surface area contributed by atoms with Crippen LogP contribution in [0.3, 0.4) is 0 Å². The van der Waals surface area contributed by atoms with Crippen LogP contribution in [0.1, 0.15) is 18.5 Å². The van der Waals surface area contributed by atoms with Crippen molar-refractivity contribution in [1.29, 1.82) is 0 Å². The maximum absolute atomic E-state index is 14.4. The number of morpholine rings is 1. The number of hydrogen-bond acceptors (Lipinski definition) is 3. The van der Waals surface area contributed by atoms with Gasteiger partial charge in [0.05, 0.1) is 25.3 Å². The summed E-state index contributed by atoms with van der Waals surface area (Å²) in [7, 11) is 3.64. The van der Waals surface area contributed by atoms with Gasteiger partial charge in [-0.3, -0.25) is 9.89 Å². The third-order valence-corrected chi connectivity index (χ3v) is 4.26. The number of nitrogens with two attached hydrogens (primary N) is 1. The van der Waals surface area contributed by atoms with E-state index in [0.717, 1.165) is 0 Å². The van der Waals surface area contributed by atoms with Crippen LogP contribution in [0.2, 0.25) is 5.02 Å². The summed E-state index contributed by atoms with van der Waals surface area (Å²) >= 11 is 6.27. The molecule has 2 rings (SSSR count). The standard InChI is InChI=1S/C16H24ClFN4O/c1-11-10-22(7-8-23-11)14(9-20-16(19)21(2)3)15-12(17)5-4-6-13(15)18/h4-6,11,14H,7-10H2,1-3H3,(H2,19,20)/t11-,14+/m1/s1. The molecule has 2 atom stereocenters. The number of hydrogen-bond donors (Lipinski definition) is 1. The molecule has 1 fully saturated rings. The van der Waals surface area contributed by atoms with Crippen molar-refractivity contribution in [3.05, 3.63) is 34.6 Å². The molecule has 0 radical (unpaired) electrons. The molecule has 1 aromatic rings. The number of benzene rings is 1. The fourth-order valence-electron chi connectivity index (χ4n) is 2.67. The number of rotatable bonds is 4. The van der Waals surface area contributed by atoms with E-state index in [1.165, 1.54) is 6.07 Å². The molecule has 1 aliphatic rings. The minimum atomic E-state index is -0.319. The van der Waals surface area contributed by atoms with Crippen molar-refractivity contribution >= 4 is 17.6 Å². The Labute approximate surface area is 141 Å². The number of ether oxygens (including phenoxy) is 1. The largest absolute Gasteiger partial charge is 0.376 e. The van der Waals surface area contributed by atoms with Crippen molar-refractivity contribution < 1.29 is 9.13 Å². The zero-order valence-corrected chi connectivity index (χ0v) is 14.6. The SMILES string of the molecule is C[C@@H]1CN([C@@H](CN=C(N)N(C)C)c2c(F)cccc2Cl)CCO1.